The predicted molar refractivity (Wildman–Crippen MR) is 155 cm³/mol. The summed E-state index contributed by atoms with van der Waals surface area (Å²) in [6.45, 7) is 0. The molecule has 0 bridgehead atoms. The average Bonchev–Trinajstić information content (AvgIpc) is 3.38. The van der Waals surface area contributed by atoms with Gasteiger partial charge in [-0.25, -0.2) is 4.98 Å². The smallest absolute Gasteiger partial charge is 0.145 e. The van der Waals surface area contributed by atoms with Crippen molar-refractivity contribution in [2.24, 2.45) is 0 Å². The Kier molecular flexibility index (Phi) is 4.52. The van der Waals surface area contributed by atoms with Crippen LogP contribution >= 0.6 is 0 Å². The van der Waals surface area contributed by atoms with Crippen LogP contribution in [0.15, 0.2) is 133 Å². The van der Waals surface area contributed by atoms with Gasteiger partial charge in [0.1, 0.15) is 17.3 Å². The Labute approximate surface area is 220 Å². The number of aromatic nitrogens is 2. The van der Waals surface area contributed by atoms with Crippen LogP contribution in [0.5, 0.6) is 11.5 Å². The minimum Gasteiger partial charge on any atom is -0.456 e. The molecular formula is C35H22N2O. The van der Waals surface area contributed by atoms with Crippen molar-refractivity contribution in [3.05, 3.63) is 133 Å². The molecule has 0 saturated carbocycles. The molecule has 1 aromatic heterocycles. The topological polar surface area (TPSA) is 27.1 Å². The van der Waals surface area contributed by atoms with Gasteiger partial charge in [0.25, 0.3) is 0 Å². The van der Waals surface area contributed by atoms with Crippen LogP contribution in [0, 0.1) is 0 Å². The average molecular weight is 487 g/mol. The molecule has 0 fully saturated rings. The third kappa shape index (κ3) is 3.19. The molecule has 0 spiro atoms. The van der Waals surface area contributed by atoms with Crippen molar-refractivity contribution in [1.29, 1.82) is 0 Å². The fraction of sp³-hybridized carbons (Fsp3) is 0. The summed E-state index contributed by atoms with van der Waals surface area (Å²) in [6, 6.07) is 46.6. The SMILES string of the molecule is c1ccc(-c2nc3ccccc3n2-c2ccc(-c3ccc4c(c3)-c3cccc5cccc(c35)O4)cc2)cc1. The molecule has 0 amide bonds. The lowest BCUT2D eigenvalue weighted by Gasteiger charge is -2.22. The van der Waals surface area contributed by atoms with Gasteiger partial charge >= 0.3 is 0 Å². The normalized spacial score (nSPS) is 11.9. The fourth-order valence-electron chi connectivity index (χ4n) is 5.61. The quantitative estimate of drug-likeness (QED) is 0.249. The van der Waals surface area contributed by atoms with E-state index in [4.69, 9.17) is 9.72 Å². The van der Waals surface area contributed by atoms with Gasteiger partial charge in [-0.15, -0.1) is 0 Å². The molecule has 3 heteroatoms. The molecule has 3 nitrogen and oxygen atoms in total. The summed E-state index contributed by atoms with van der Waals surface area (Å²) >= 11 is 0. The van der Waals surface area contributed by atoms with E-state index in [0.717, 1.165) is 56.3 Å². The van der Waals surface area contributed by atoms with Crippen molar-refractivity contribution in [3.8, 4) is 50.8 Å². The summed E-state index contributed by atoms with van der Waals surface area (Å²) in [4.78, 5) is 4.97. The van der Waals surface area contributed by atoms with Crippen molar-refractivity contribution >= 4 is 21.8 Å². The van der Waals surface area contributed by atoms with Gasteiger partial charge in [-0.2, -0.15) is 0 Å². The maximum absolute atomic E-state index is 6.29. The zero-order valence-electron chi connectivity index (χ0n) is 20.5. The molecule has 178 valence electrons. The number of para-hydroxylation sites is 2. The van der Waals surface area contributed by atoms with Gasteiger partial charge in [0.05, 0.1) is 11.0 Å². The molecule has 6 aromatic carbocycles. The second kappa shape index (κ2) is 8.19. The number of hydrogen-bond donors (Lipinski definition) is 0. The highest BCUT2D eigenvalue weighted by molar-refractivity contribution is 6.04. The summed E-state index contributed by atoms with van der Waals surface area (Å²) in [5.41, 5.74) is 8.93. The first-order valence-corrected chi connectivity index (χ1v) is 12.8. The van der Waals surface area contributed by atoms with Gasteiger partial charge in [0.2, 0.25) is 0 Å². The Morgan fingerprint density at radius 1 is 0.526 bits per heavy atom. The first-order valence-electron chi connectivity index (χ1n) is 12.8. The summed E-state index contributed by atoms with van der Waals surface area (Å²) in [5.74, 6) is 2.76. The van der Waals surface area contributed by atoms with E-state index in [-0.39, 0.29) is 0 Å². The third-order valence-electron chi connectivity index (χ3n) is 7.41. The van der Waals surface area contributed by atoms with Crippen molar-refractivity contribution in [3.63, 3.8) is 0 Å². The van der Waals surface area contributed by atoms with Gasteiger partial charge in [0, 0.05) is 22.2 Å². The highest BCUT2D eigenvalue weighted by atomic mass is 16.5. The number of nitrogens with zero attached hydrogens (tertiary/aromatic N) is 2. The third-order valence-corrected chi connectivity index (χ3v) is 7.41. The molecule has 1 aliphatic heterocycles. The lowest BCUT2D eigenvalue weighted by atomic mass is 9.92. The van der Waals surface area contributed by atoms with Crippen LogP contribution in [0.1, 0.15) is 0 Å². The molecule has 0 aliphatic carbocycles. The van der Waals surface area contributed by atoms with Crippen molar-refractivity contribution < 1.29 is 4.74 Å². The van der Waals surface area contributed by atoms with E-state index in [1.165, 1.54) is 16.3 Å². The monoisotopic (exact) mass is 486 g/mol. The minimum absolute atomic E-state index is 0.897. The second-order valence-corrected chi connectivity index (χ2v) is 9.65. The van der Waals surface area contributed by atoms with E-state index in [1.54, 1.807) is 0 Å². The summed E-state index contributed by atoms with van der Waals surface area (Å²) in [6.07, 6.45) is 0. The molecule has 0 radical (unpaired) electrons. The van der Waals surface area contributed by atoms with Gasteiger partial charge in [-0.05, 0) is 64.5 Å². The Hall–Kier alpha value is -5.15. The molecule has 2 heterocycles. The van der Waals surface area contributed by atoms with E-state index < -0.39 is 0 Å². The Morgan fingerprint density at radius 2 is 1.29 bits per heavy atom. The highest BCUT2D eigenvalue weighted by Gasteiger charge is 2.20. The molecule has 0 saturated heterocycles. The second-order valence-electron chi connectivity index (χ2n) is 9.65. The zero-order chi connectivity index (χ0) is 25.1. The molecule has 1 aliphatic rings. The van der Waals surface area contributed by atoms with E-state index in [9.17, 15) is 0 Å². The number of imidazole rings is 1. The predicted octanol–water partition coefficient (Wildman–Crippen LogP) is 9.29. The van der Waals surface area contributed by atoms with Gasteiger partial charge in [-0.1, -0.05) is 91.0 Å². The lowest BCUT2D eigenvalue weighted by Crippen LogP contribution is -1.98. The van der Waals surface area contributed by atoms with Crippen LogP contribution in [-0.4, -0.2) is 9.55 Å². The van der Waals surface area contributed by atoms with Crippen LogP contribution in [0.3, 0.4) is 0 Å². The van der Waals surface area contributed by atoms with Crippen LogP contribution in [0.4, 0.5) is 0 Å². The van der Waals surface area contributed by atoms with E-state index >= 15 is 0 Å². The van der Waals surface area contributed by atoms with Crippen molar-refractivity contribution in [2.45, 2.75) is 0 Å². The van der Waals surface area contributed by atoms with Crippen molar-refractivity contribution in [1.82, 2.24) is 9.55 Å². The van der Waals surface area contributed by atoms with Crippen LogP contribution in [0.2, 0.25) is 0 Å². The molecule has 8 rings (SSSR count). The lowest BCUT2D eigenvalue weighted by molar-refractivity contribution is 0.487. The van der Waals surface area contributed by atoms with Gasteiger partial charge in [-0.3, -0.25) is 4.57 Å². The molecular weight excluding hydrogens is 464 g/mol. The molecule has 0 atom stereocenters. The van der Waals surface area contributed by atoms with E-state index in [1.807, 2.05) is 18.2 Å². The molecule has 0 unspecified atom stereocenters. The molecule has 38 heavy (non-hydrogen) atoms. The van der Waals surface area contributed by atoms with Crippen LogP contribution < -0.4 is 4.74 Å². The standard InChI is InChI=1S/C35H22N2O/c1-2-8-25(9-3-1)35-36-30-13-4-5-14-31(30)37(35)27-19-16-23(17-20-27)26-18-21-32-29(22-26)28-12-6-10-24-11-7-15-33(38-32)34(24)28/h1-22H. The first kappa shape index (κ1) is 21.0. The van der Waals surface area contributed by atoms with Gasteiger partial charge in [0.15, 0.2) is 0 Å². The molecule has 7 aromatic rings. The minimum atomic E-state index is 0.897. The number of hydrogen-bond acceptors (Lipinski definition) is 2. The maximum Gasteiger partial charge on any atom is 0.145 e. The maximum atomic E-state index is 6.29. The number of benzene rings is 6. The first-order chi connectivity index (χ1) is 18.8. The summed E-state index contributed by atoms with van der Waals surface area (Å²) < 4.78 is 8.54. The van der Waals surface area contributed by atoms with Crippen LogP contribution in [0.25, 0.3) is 61.1 Å². The summed E-state index contributed by atoms with van der Waals surface area (Å²) in [5, 5.41) is 2.37. The Morgan fingerprint density at radius 3 is 2.16 bits per heavy atom. The fourth-order valence-corrected chi connectivity index (χ4v) is 5.61. The Balaban J connectivity index is 1.23. The van der Waals surface area contributed by atoms with E-state index in [2.05, 4.69) is 120 Å². The largest absolute Gasteiger partial charge is 0.456 e. The summed E-state index contributed by atoms with van der Waals surface area (Å²) in [7, 11) is 0. The number of rotatable bonds is 3. The Bertz CT molecular complexity index is 1980. The zero-order valence-corrected chi connectivity index (χ0v) is 20.5. The highest BCUT2D eigenvalue weighted by Crippen LogP contribution is 2.47. The number of ether oxygens (including phenoxy) is 1. The number of fused-ring (bicyclic) bond motifs is 3. The molecule has 0 N–H and O–H groups in total. The van der Waals surface area contributed by atoms with Gasteiger partial charge < -0.3 is 4.74 Å². The van der Waals surface area contributed by atoms with Crippen molar-refractivity contribution in [2.75, 3.05) is 0 Å². The van der Waals surface area contributed by atoms with E-state index in [0.29, 0.717) is 0 Å². The van der Waals surface area contributed by atoms with Crippen LogP contribution in [-0.2, 0) is 0 Å².